The molecule has 2 aromatic heterocycles. The van der Waals surface area contributed by atoms with E-state index in [-0.39, 0.29) is 11.2 Å². The van der Waals surface area contributed by atoms with E-state index in [1.165, 1.54) is 7.11 Å². The zero-order valence-electron chi connectivity index (χ0n) is 12.1. The molecule has 7 nitrogen and oxygen atoms in total. The van der Waals surface area contributed by atoms with Crippen molar-refractivity contribution in [2.24, 2.45) is 10.2 Å². The van der Waals surface area contributed by atoms with Crippen molar-refractivity contribution in [3.8, 4) is 17.1 Å². The second-order valence-electron chi connectivity index (χ2n) is 4.57. The van der Waals surface area contributed by atoms with E-state index in [0.717, 1.165) is 0 Å². The van der Waals surface area contributed by atoms with E-state index in [2.05, 4.69) is 25.4 Å². The van der Waals surface area contributed by atoms with Crippen LogP contribution in [0.25, 0.3) is 11.3 Å². The van der Waals surface area contributed by atoms with Crippen LogP contribution in [0, 0.1) is 0 Å². The van der Waals surface area contributed by atoms with Crippen molar-refractivity contribution in [1.29, 1.82) is 0 Å². The van der Waals surface area contributed by atoms with Crippen LogP contribution in [0.4, 0.5) is 11.4 Å². The van der Waals surface area contributed by atoms with Crippen LogP contribution in [-0.2, 0) is 0 Å². The molecule has 0 radical (unpaired) electrons. The molecule has 0 saturated carbocycles. The van der Waals surface area contributed by atoms with Crippen molar-refractivity contribution in [1.82, 2.24) is 15.2 Å². The Morgan fingerprint density at radius 3 is 2.52 bits per heavy atom. The highest BCUT2D eigenvalue weighted by molar-refractivity contribution is 6.30. The van der Waals surface area contributed by atoms with Crippen molar-refractivity contribution in [3.63, 3.8) is 0 Å². The summed E-state index contributed by atoms with van der Waals surface area (Å²) in [5.41, 5.74) is 1.59. The Morgan fingerprint density at radius 1 is 1.09 bits per heavy atom. The molecule has 0 saturated heterocycles. The van der Waals surface area contributed by atoms with Crippen LogP contribution in [-0.4, -0.2) is 22.3 Å². The number of methoxy groups -OCH3 is 1. The lowest BCUT2D eigenvalue weighted by molar-refractivity contribution is 0.398. The van der Waals surface area contributed by atoms with Crippen LogP contribution in [0.15, 0.2) is 57.6 Å². The van der Waals surface area contributed by atoms with Gasteiger partial charge in [0, 0.05) is 22.8 Å². The van der Waals surface area contributed by atoms with E-state index >= 15 is 0 Å². The fourth-order valence-electron chi connectivity index (χ4n) is 1.92. The minimum atomic E-state index is -0.367. The predicted molar refractivity (Wildman–Crippen MR) is 86.8 cm³/mol. The first kappa shape index (κ1) is 15.0. The topological polar surface area (TPSA) is 95.5 Å². The van der Waals surface area contributed by atoms with Gasteiger partial charge >= 0.3 is 0 Å². The molecule has 0 aliphatic rings. The van der Waals surface area contributed by atoms with Crippen LogP contribution >= 0.6 is 11.6 Å². The SMILES string of the molecule is COc1ccc(-c2[nH][nH]c(=O)c2N=Nc2ccc(Cl)cc2)cn1. The molecule has 0 amide bonds. The molecular weight excluding hydrogens is 318 g/mol. The number of ether oxygens (including phenoxy) is 1. The monoisotopic (exact) mass is 329 g/mol. The van der Waals surface area contributed by atoms with Gasteiger partial charge in [-0.25, -0.2) is 4.98 Å². The van der Waals surface area contributed by atoms with Gasteiger partial charge in [-0.3, -0.25) is 15.0 Å². The third-order valence-electron chi connectivity index (χ3n) is 3.08. The van der Waals surface area contributed by atoms with E-state index in [1.807, 2.05) is 0 Å². The molecule has 0 aliphatic carbocycles. The number of aromatic nitrogens is 3. The summed E-state index contributed by atoms with van der Waals surface area (Å²) >= 11 is 5.82. The summed E-state index contributed by atoms with van der Waals surface area (Å²) in [7, 11) is 1.53. The molecule has 0 atom stereocenters. The van der Waals surface area contributed by atoms with Gasteiger partial charge in [0.2, 0.25) is 5.88 Å². The highest BCUT2D eigenvalue weighted by Gasteiger charge is 2.12. The molecular formula is C15H12ClN5O2. The quantitative estimate of drug-likeness (QED) is 0.712. The Balaban J connectivity index is 1.95. The number of H-pyrrole nitrogens is 2. The second kappa shape index (κ2) is 6.45. The number of benzene rings is 1. The summed E-state index contributed by atoms with van der Waals surface area (Å²) in [4.78, 5) is 16.0. The molecule has 23 heavy (non-hydrogen) atoms. The maximum absolute atomic E-state index is 11.9. The number of hydrogen-bond acceptors (Lipinski definition) is 5. The largest absolute Gasteiger partial charge is 0.481 e. The molecule has 2 N–H and O–H groups in total. The van der Waals surface area contributed by atoms with Gasteiger partial charge in [-0.1, -0.05) is 11.6 Å². The molecule has 0 unspecified atom stereocenters. The van der Waals surface area contributed by atoms with Gasteiger partial charge in [0.05, 0.1) is 18.5 Å². The third kappa shape index (κ3) is 3.29. The van der Waals surface area contributed by atoms with Crippen LogP contribution < -0.4 is 10.3 Å². The number of rotatable bonds is 4. The predicted octanol–water partition coefficient (Wildman–Crippen LogP) is 3.84. The lowest BCUT2D eigenvalue weighted by Gasteiger charge is -2.01. The molecule has 3 aromatic rings. The van der Waals surface area contributed by atoms with Gasteiger partial charge in [-0.15, -0.1) is 5.11 Å². The van der Waals surface area contributed by atoms with E-state index < -0.39 is 0 Å². The fourth-order valence-corrected chi connectivity index (χ4v) is 2.05. The standard InChI is InChI=1S/C15H12ClN5O2/c1-23-12-7-2-9(8-17-12)13-14(15(22)21-19-13)20-18-11-5-3-10(16)4-6-11/h2-8H,1H3,(H2,19,21,22). The van der Waals surface area contributed by atoms with Gasteiger partial charge < -0.3 is 4.74 Å². The van der Waals surface area contributed by atoms with Crippen molar-refractivity contribution in [2.75, 3.05) is 7.11 Å². The molecule has 0 bridgehead atoms. The highest BCUT2D eigenvalue weighted by atomic mass is 35.5. The maximum Gasteiger partial charge on any atom is 0.292 e. The smallest absolute Gasteiger partial charge is 0.292 e. The Labute approximate surface area is 136 Å². The Hall–Kier alpha value is -2.93. The average Bonchev–Trinajstić information content (AvgIpc) is 2.95. The second-order valence-corrected chi connectivity index (χ2v) is 5.00. The first-order valence-electron chi connectivity index (χ1n) is 6.66. The molecule has 116 valence electrons. The van der Waals surface area contributed by atoms with Gasteiger partial charge in [-0.05, 0) is 30.3 Å². The molecule has 0 fully saturated rings. The molecule has 2 heterocycles. The third-order valence-corrected chi connectivity index (χ3v) is 3.33. The summed E-state index contributed by atoms with van der Waals surface area (Å²) < 4.78 is 5.01. The molecule has 0 aliphatic heterocycles. The molecule has 8 heteroatoms. The Morgan fingerprint density at radius 2 is 1.87 bits per heavy atom. The number of nitrogens with one attached hydrogen (secondary N) is 2. The average molecular weight is 330 g/mol. The van der Waals surface area contributed by atoms with Gasteiger partial charge in [0.25, 0.3) is 5.56 Å². The summed E-state index contributed by atoms with van der Waals surface area (Å²) in [5.74, 6) is 0.482. The summed E-state index contributed by atoms with van der Waals surface area (Å²) in [6.45, 7) is 0. The van der Waals surface area contributed by atoms with E-state index in [4.69, 9.17) is 16.3 Å². The Kier molecular flexibility index (Phi) is 4.20. The number of hydrogen-bond donors (Lipinski definition) is 2. The first-order valence-corrected chi connectivity index (χ1v) is 7.03. The van der Waals surface area contributed by atoms with Crippen LogP contribution in [0.5, 0.6) is 5.88 Å². The van der Waals surface area contributed by atoms with Crippen molar-refractivity contribution < 1.29 is 4.74 Å². The number of azo groups is 1. The normalized spacial score (nSPS) is 11.0. The molecule has 0 spiro atoms. The van der Waals surface area contributed by atoms with Crippen molar-refractivity contribution in [3.05, 3.63) is 58.0 Å². The lowest BCUT2D eigenvalue weighted by Crippen LogP contribution is -1.96. The zero-order valence-corrected chi connectivity index (χ0v) is 12.8. The highest BCUT2D eigenvalue weighted by Crippen LogP contribution is 2.27. The van der Waals surface area contributed by atoms with Crippen LogP contribution in [0.1, 0.15) is 0 Å². The number of pyridine rings is 1. The number of aromatic amines is 2. The van der Waals surface area contributed by atoms with Crippen molar-refractivity contribution >= 4 is 23.0 Å². The van der Waals surface area contributed by atoms with Gasteiger partial charge in [0.15, 0.2) is 5.69 Å². The van der Waals surface area contributed by atoms with E-state index in [0.29, 0.717) is 27.8 Å². The first-order chi connectivity index (χ1) is 11.2. The molecule has 3 rings (SSSR count). The van der Waals surface area contributed by atoms with Gasteiger partial charge in [-0.2, -0.15) is 5.11 Å². The van der Waals surface area contributed by atoms with Crippen LogP contribution in [0.3, 0.4) is 0 Å². The van der Waals surface area contributed by atoms with E-state index in [1.54, 1.807) is 42.6 Å². The van der Waals surface area contributed by atoms with Crippen LogP contribution in [0.2, 0.25) is 5.02 Å². The minimum absolute atomic E-state index is 0.173. The minimum Gasteiger partial charge on any atom is -0.481 e. The number of nitrogens with zero attached hydrogens (tertiary/aromatic N) is 3. The Bertz CT molecular complexity index is 881. The maximum atomic E-state index is 11.9. The zero-order chi connectivity index (χ0) is 16.2. The van der Waals surface area contributed by atoms with E-state index in [9.17, 15) is 4.79 Å². The fraction of sp³-hybridized carbons (Fsp3) is 0.0667. The summed E-state index contributed by atoms with van der Waals surface area (Å²) in [5, 5.41) is 14.0. The number of halogens is 1. The summed E-state index contributed by atoms with van der Waals surface area (Å²) in [6.07, 6.45) is 1.58. The summed E-state index contributed by atoms with van der Waals surface area (Å²) in [6, 6.07) is 10.3. The van der Waals surface area contributed by atoms with Gasteiger partial charge in [0.1, 0.15) is 0 Å². The lowest BCUT2D eigenvalue weighted by atomic mass is 10.2. The molecule has 1 aromatic carbocycles. The van der Waals surface area contributed by atoms with Crippen molar-refractivity contribution in [2.45, 2.75) is 0 Å².